The summed E-state index contributed by atoms with van der Waals surface area (Å²) in [5.41, 5.74) is -11.5. The quantitative estimate of drug-likeness (QED) is 0.293. The third-order valence-electron chi connectivity index (χ3n) is 2.77. The third kappa shape index (κ3) is 5.72. The van der Waals surface area contributed by atoms with E-state index in [0.29, 0.717) is 0 Å². The minimum Gasteiger partial charge on any atom is -0.373 e. The summed E-state index contributed by atoms with van der Waals surface area (Å²) in [4.78, 5) is 0. The molecular weight excluding hydrogens is 426 g/mol. The van der Waals surface area contributed by atoms with Crippen LogP contribution in [0.2, 0.25) is 0 Å². The van der Waals surface area contributed by atoms with Crippen molar-refractivity contribution in [1.82, 2.24) is 0 Å². The van der Waals surface area contributed by atoms with Crippen molar-refractivity contribution >= 4 is 0 Å². The summed E-state index contributed by atoms with van der Waals surface area (Å²) >= 11 is 0. The predicted octanol–water partition coefficient (Wildman–Crippen LogP) is 5.78. The van der Waals surface area contributed by atoms with E-state index in [-0.39, 0.29) is 12.2 Å². The van der Waals surface area contributed by atoms with Gasteiger partial charge in [-0.25, -0.2) is 8.78 Å². The van der Waals surface area contributed by atoms with Gasteiger partial charge in [-0.3, -0.25) is 0 Å². The molecule has 0 fully saturated rings. The lowest BCUT2D eigenvalue weighted by atomic mass is 10.0. The summed E-state index contributed by atoms with van der Waals surface area (Å²) in [6, 6.07) is 0. The first kappa shape index (κ1) is 25.5. The maximum atomic E-state index is 13.1. The fourth-order valence-corrected chi connectivity index (χ4v) is 1.32. The topological polar surface area (TPSA) is 9.23 Å². The van der Waals surface area contributed by atoms with Gasteiger partial charge in [0.1, 0.15) is 0 Å². The Kier molecular flexibility index (Phi) is 7.38. The van der Waals surface area contributed by atoms with E-state index in [9.17, 15) is 61.5 Å². The highest BCUT2D eigenvalue weighted by Crippen LogP contribution is 2.48. The Morgan fingerprint density at radius 1 is 0.444 bits per heavy atom. The van der Waals surface area contributed by atoms with Crippen LogP contribution in [0.25, 0.3) is 0 Å². The van der Waals surface area contributed by atoms with Gasteiger partial charge >= 0.3 is 36.0 Å². The van der Waals surface area contributed by atoms with Crippen LogP contribution in [0.3, 0.4) is 0 Å². The first-order chi connectivity index (χ1) is 11.7. The van der Waals surface area contributed by atoms with Gasteiger partial charge in [0.2, 0.25) is 0 Å². The van der Waals surface area contributed by atoms with Crippen LogP contribution in [-0.2, 0) is 4.74 Å². The normalized spacial score (nSPS) is 15.9. The largest absolute Gasteiger partial charge is 0.435 e. The van der Waals surface area contributed by atoms with Gasteiger partial charge in [-0.1, -0.05) is 12.2 Å². The summed E-state index contributed by atoms with van der Waals surface area (Å²) in [5, 5.41) is 0. The summed E-state index contributed by atoms with van der Waals surface area (Å²) in [6.07, 6.45) is -27.8. The minimum atomic E-state index is -6.39. The highest BCUT2D eigenvalue weighted by Gasteiger charge is 2.71. The molecule has 0 aliphatic rings. The molecule has 0 bridgehead atoms. The highest BCUT2D eigenvalue weighted by molar-refractivity contribution is 5.12. The van der Waals surface area contributed by atoms with Crippen molar-refractivity contribution < 1.29 is 66.2 Å². The lowest BCUT2D eigenvalue weighted by molar-refractivity contribution is -0.322. The first-order valence-electron chi connectivity index (χ1n) is 6.28. The van der Waals surface area contributed by atoms with Gasteiger partial charge in [-0.2, -0.15) is 52.7 Å². The number of allylic oxidation sites excluding steroid dienone is 2. The van der Waals surface area contributed by atoms with E-state index in [1.54, 1.807) is 0 Å². The van der Waals surface area contributed by atoms with Crippen LogP contribution >= 0.6 is 0 Å². The first-order valence-corrected chi connectivity index (χ1v) is 6.28. The predicted molar refractivity (Wildman–Crippen MR) is 61.0 cm³/mol. The lowest BCUT2D eigenvalue weighted by Gasteiger charge is -2.27. The number of hydrogen-bond donors (Lipinski definition) is 0. The van der Waals surface area contributed by atoms with Crippen LogP contribution in [-0.4, -0.2) is 49.3 Å². The Morgan fingerprint density at radius 3 is 0.852 bits per heavy atom. The second-order valence-corrected chi connectivity index (χ2v) is 4.76. The molecular formula is C12H8F14O. The molecule has 0 spiro atoms. The van der Waals surface area contributed by atoms with E-state index in [2.05, 4.69) is 4.74 Å². The number of hydrogen-bond acceptors (Lipinski definition) is 1. The van der Waals surface area contributed by atoms with Gasteiger partial charge in [0.15, 0.2) is 0 Å². The zero-order valence-electron chi connectivity index (χ0n) is 12.4. The molecule has 0 saturated carbocycles. The summed E-state index contributed by atoms with van der Waals surface area (Å²) in [5.74, 6) is 0. The van der Waals surface area contributed by atoms with Crippen molar-refractivity contribution in [2.45, 2.75) is 36.0 Å². The Labute approximate surface area is 141 Å². The van der Waals surface area contributed by atoms with Gasteiger partial charge in [0.05, 0.1) is 13.2 Å². The van der Waals surface area contributed by atoms with Crippen LogP contribution in [0.15, 0.2) is 24.3 Å². The standard InChI is InChI=1S/C12H8F14O/c13-7(9(15,16)17,10(18,19)20)3-1-5-27-6-2-4-8(14,11(21,22)23)12(24,25)26/h1-4H,5-6H2. The molecule has 15 heteroatoms. The van der Waals surface area contributed by atoms with Crippen molar-refractivity contribution in [2.75, 3.05) is 13.2 Å². The molecule has 0 amide bonds. The second kappa shape index (κ2) is 7.83. The van der Waals surface area contributed by atoms with Gasteiger partial charge in [-0.05, 0) is 12.2 Å². The molecule has 160 valence electrons. The molecule has 0 aliphatic carbocycles. The lowest BCUT2D eigenvalue weighted by Crippen LogP contribution is -2.51. The molecule has 0 radical (unpaired) electrons. The molecule has 0 saturated heterocycles. The van der Waals surface area contributed by atoms with Crippen molar-refractivity contribution in [3.05, 3.63) is 24.3 Å². The molecule has 0 rings (SSSR count). The summed E-state index contributed by atoms with van der Waals surface area (Å²) < 4.78 is 176. The van der Waals surface area contributed by atoms with Gasteiger partial charge in [0, 0.05) is 0 Å². The molecule has 0 aromatic carbocycles. The van der Waals surface area contributed by atoms with Gasteiger partial charge < -0.3 is 4.74 Å². The average molecular weight is 434 g/mol. The van der Waals surface area contributed by atoms with Gasteiger partial charge in [0.25, 0.3) is 0 Å². The zero-order chi connectivity index (χ0) is 21.9. The van der Waals surface area contributed by atoms with Crippen molar-refractivity contribution in [3.8, 4) is 0 Å². The van der Waals surface area contributed by atoms with E-state index in [0.717, 1.165) is 0 Å². The molecule has 0 heterocycles. The fraction of sp³-hybridized carbons (Fsp3) is 0.667. The molecule has 0 aliphatic heterocycles. The van der Waals surface area contributed by atoms with Crippen molar-refractivity contribution in [3.63, 3.8) is 0 Å². The van der Waals surface area contributed by atoms with Crippen LogP contribution in [0.1, 0.15) is 0 Å². The monoisotopic (exact) mass is 434 g/mol. The van der Waals surface area contributed by atoms with E-state index < -0.39 is 61.4 Å². The van der Waals surface area contributed by atoms with Crippen LogP contribution < -0.4 is 0 Å². The molecule has 0 aromatic rings. The maximum absolute atomic E-state index is 13.1. The van der Waals surface area contributed by atoms with E-state index in [1.165, 1.54) is 0 Å². The van der Waals surface area contributed by atoms with Crippen LogP contribution in [0, 0.1) is 0 Å². The number of ether oxygens (including phenoxy) is 1. The maximum Gasteiger partial charge on any atom is 0.435 e. The fourth-order valence-electron chi connectivity index (χ4n) is 1.32. The SMILES string of the molecule is FC(F)(F)C(F)(C=CCOCC=CC(F)(C(F)(F)F)C(F)(F)F)C(F)(F)F. The molecule has 0 unspecified atom stereocenters. The highest BCUT2D eigenvalue weighted by atomic mass is 19.4. The number of alkyl halides is 14. The Morgan fingerprint density at radius 2 is 0.667 bits per heavy atom. The molecule has 0 N–H and O–H groups in total. The van der Waals surface area contributed by atoms with Crippen LogP contribution in [0.5, 0.6) is 0 Å². The Balaban J connectivity index is 4.97. The molecule has 0 atom stereocenters. The number of halogens is 14. The smallest absolute Gasteiger partial charge is 0.373 e. The zero-order valence-corrected chi connectivity index (χ0v) is 12.4. The summed E-state index contributed by atoms with van der Waals surface area (Å²) in [6.45, 7) is -2.53. The Bertz CT molecular complexity index is 456. The van der Waals surface area contributed by atoms with Gasteiger partial charge in [-0.15, -0.1) is 0 Å². The number of rotatable bonds is 6. The molecule has 27 heavy (non-hydrogen) atoms. The Hall–Kier alpha value is -1.54. The van der Waals surface area contributed by atoms with Crippen LogP contribution in [0.4, 0.5) is 61.5 Å². The molecule has 0 aromatic heterocycles. The summed E-state index contributed by atoms with van der Waals surface area (Å²) in [7, 11) is 0. The molecule has 1 nitrogen and oxygen atoms in total. The minimum absolute atomic E-state index is 0.148. The van der Waals surface area contributed by atoms with E-state index >= 15 is 0 Å². The van der Waals surface area contributed by atoms with E-state index in [1.807, 2.05) is 0 Å². The van der Waals surface area contributed by atoms with E-state index in [4.69, 9.17) is 0 Å². The third-order valence-corrected chi connectivity index (χ3v) is 2.77. The van der Waals surface area contributed by atoms with Crippen molar-refractivity contribution in [2.24, 2.45) is 0 Å². The average Bonchev–Trinajstić information content (AvgIpc) is 2.40. The van der Waals surface area contributed by atoms with Crippen molar-refractivity contribution in [1.29, 1.82) is 0 Å². The second-order valence-electron chi connectivity index (χ2n) is 4.76.